The lowest BCUT2D eigenvalue weighted by atomic mass is 9.98. The van der Waals surface area contributed by atoms with Gasteiger partial charge in [-0.1, -0.05) is 0 Å². The Morgan fingerprint density at radius 1 is 1.19 bits per heavy atom. The van der Waals surface area contributed by atoms with Gasteiger partial charge >= 0.3 is 0 Å². The molecule has 4 rings (SSSR count). The third-order valence-corrected chi connectivity index (χ3v) is 6.78. The zero-order valence-electron chi connectivity index (χ0n) is 15.7. The topological polar surface area (TPSA) is 57.3 Å². The maximum atomic E-state index is 12.7. The predicted octanol–water partition coefficient (Wildman–Crippen LogP) is 2.86. The first-order valence-electron chi connectivity index (χ1n) is 9.73. The normalized spacial score (nSPS) is 20.5. The van der Waals surface area contributed by atoms with E-state index in [-0.39, 0.29) is 5.91 Å². The van der Waals surface area contributed by atoms with Crippen LogP contribution >= 0.6 is 11.3 Å². The summed E-state index contributed by atoms with van der Waals surface area (Å²) in [4.78, 5) is 21.7. The zero-order chi connectivity index (χ0) is 18.1. The standard InChI is InChI=1S/C20H28N4OS/c1-13-11-14(2)22-20-17(13)12-18(26-20)19(25)23-15-5-9-24(10-6-15)16-3-7-21-8-4-16/h11-12,15-16,21H,3-10H2,1-2H3,(H,23,25). The number of aromatic nitrogens is 1. The summed E-state index contributed by atoms with van der Waals surface area (Å²) < 4.78 is 0. The van der Waals surface area contributed by atoms with Gasteiger partial charge in [0.2, 0.25) is 0 Å². The lowest BCUT2D eigenvalue weighted by Gasteiger charge is -2.39. The van der Waals surface area contributed by atoms with Gasteiger partial charge in [0, 0.05) is 36.3 Å². The summed E-state index contributed by atoms with van der Waals surface area (Å²) in [7, 11) is 0. The molecule has 2 fully saturated rings. The predicted molar refractivity (Wildman–Crippen MR) is 107 cm³/mol. The number of fused-ring (bicyclic) bond motifs is 1. The van der Waals surface area contributed by atoms with Crippen LogP contribution in [0.4, 0.5) is 0 Å². The Bertz CT molecular complexity index is 788. The Balaban J connectivity index is 1.36. The van der Waals surface area contributed by atoms with Crippen molar-refractivity contribution in [2.45, 2.75) is 51.6 Å². The molecule has 2 aliphatic rings. The van der Waals surface area contributed by atoms with E-state index in [1.165, 1.54) is 29.7 Å². The van der Waals surface area contributed by atoms with Crippen molar-refractivity contribution < 1.29 is 4.79 Å². The van der Waals surface area contributed by atoms with E-state index in [0.717, 1.165) is 65.9 Å². The molecule has 0 aromatic carbocycles. The smallest absolute Gasteiger partial charge is 0.261 e. The van der Waals surface area contributed by atoms with E-state index in [2.05, 4.69) is 33.5 Å². The lowest BCUT2D eigenvalue weighted by molar-refractivity contribution is 0.0875. The number of hydrogen-bond donors (Lipinski definition) is 2. The highest BCUT2D eigenvalue weighted by Gasteiger charge is 2.27. The number of amides is 1. The molecule has 2 aromatic rings. The van der Waals surface area contributed by atoms with Gasteiger partial charge in [-0.15, -0.1) is 11.3 Å². The number of aryl methyl sites for hydroxylation is 2. The second kappa shape index (κ2) is 7.62. The van der Waals surface area contributed by atoms with Crippen molar-refractivity contribution in [3.8, 4) is 0 Å². The van der Waals surface area contributed by atoms with Crippen LogP contribution in [0, 0.1) is 13.8 Å². The molecule has 2 saturated heterocycles. The average Bonchev–Trinajstić information content (AvgIpc) is 3.08. The molecule has 5 nitrogen and oxygen atoms in total. The SMILES string of the molecule is Cc1cc(C)c2cc(C(=O)NC3CCN(C4CCNCC4)CC3)sc2n1. The molecule has 4 heterocycles. The molecule has 0 spiro atoms. The molecule has 26 heavy (non-hydrogen) atoms. The molecule has 2 aliphatic heterocycles. The summed E-state index contributed by atoms with van der Waals surface area (Å²) >= 11 is 1.51. The number of hydrogen-bond acceptors (Lipinski definition) is 5. The van der Waals surface area contributed by atoms with Gasteiger partial charge in [-0.2, -0.15) is 0 Å². The van der Waals surface area contributed by atoms with Crippen LogP contribution in [0.1, 0.15) is 46.6 Å². The van der Waals surface area contributed by atoms with Crippen molar-refractivity contribution in [1.82, 2.24) is 20.5 Å². The quantitative estimate of drug-likeness (QED) is 0.870. The van der Waals surface area contributed by atoms with E-state index in [0.29, 0.717) is 6.04 Å². The average molecular weight is 373 g/mol. The van der Waals surface area contributed by atoms with Gasteiger partial charge in [-0.3, -0.25) is 4.79 Å². The summed E-state index contributed by atoms with van der Waals surface area (Å²) in [6, 6.07) is 5.10. The Hall–Kier alpha value is -1.50. The van der Waals surface area contributed by atoms with Gasteiger partial charge < -0.3 is 15.5 Å². The number of nitrogens with one attached hydrogen (secondary N) is 2. The van der Waals surface area contributed by atoms with Gasteiger partial charge in [0.1, 0.15) is 4.83 Å². The minimum absolute atomic E-state index is 0.0605. The number of carbonyl (C=O) groups excluding carboxylic acids is 1. The fourth-order valence-corrected chi connectivity index (χ4v) is 5.34. The van der Waals surface area contributed by atoms with E-state index in [1.807, 2.05) is 13.0 Å². The minimum Gasteiger partial charge on any atom is -0.349 e. The molecule has 2 aromatic heterocycles. The monoisotopic (exact) mass is 372 g/mol. The van der Waals surface area contributed by atoms with Crippen LogP contribution in [-0.4, -0.2) is 54.1 Å². The maximum Gasteiger partial charge on any atom is 0.261 e. The van der Waals surface area contributed by atoms with Crippen LogP contribution in [0.15, 0.2) is 12.1 Å². The van der Waals surface area contributed by atoms with Gasteiger partial charge in [-0.25, -0.2) is 4.98 Å². The summed E-state index contributed by atoms with van der Waals surface area (Å²) in [5.41, 5.74) is 2.20. The first kappa shape index (κ1) is 17.9. The number of thiophene rings is 1. The maximum absolute atomic E-state index is 12.7. The molecule has 0 bridgehead atoms. The second-order valence-electron chi connectivity index (χ2n) is 7.67. The van der Waals surface area contributed by atoms with Crippen molar-refractivity contribution in [2.24, 2.45) is 0 Å². The van der Waals surface area contributed by atoms with Crippen molar-refractivity contribution in [1.29, 1.82) is 0 Å². The molecule has 2 N–H and O–H groups in total. The van der Waals surface area contributed by atoms with E-state index in [1.54, 1.807) is 0 Å². The van der Waals surface area contributed by atoms with Crippen molar-refractivity contribution in [3.05, 3.63) is 28.3 Å². The van der Waals surface area contributed by atoms with E-state index in [4.69, 9.17) is 0 Å². The summed E-state index contributed by atoms with van der Waals surface area (Å²) in [5.74, 6) is 0.0605. The van der Waals surface area contributed by atoms with Crippen LogP contribution in [0.5, 0.6) is 0 Å². The fraction of sp³-hybridized carbons (Fsp3) is 0.600. The van der Waals surface area contributed by atoms with E-state index >= 15 is 0 Å². The number of rotatable bonds is 3. The van der Waals surface area contributed by atoms with E-state index < -0.39 is 0 Å². The first-order chi connectivity index (χ1) is 12.6. The molecule has 0 atom stereocenters. The summed E-state index contributed by atoms with van der Waals surface area (Å²) in [6.45, 7) is 8.56. The van der Waals surface area contributed by atoms with Crippen molar-refractivity contribution in [3.63, 3.8) is 0 Å². The summed E-state index contributed by atoms with van der Waals surface area (Å²) in [6.07, 6.45) is 4.61. The molecular weight excluding hydrogens is 344 g/mol. The molecule has 140 valence electrons. The van der Waals surface area contributed by atoms with Gasteiger partial charge in [0.15, 0.2) is 0 Å². The lowest BCUT2D eigenvalue weighted by Crippen LogP contribution is -2.50. The number of carbonyl (C=O) groups is 1. The Morgan fingerprint density at radius 3 is 2.65 bits per heavy atom. The van der Waals surface area contributed by atoms with Crippen LogP contribution in [0.3, 0.4) is 0 Å². The molecule has 0 radical (unpaired) electrons. The fourth-order valence-electron chi connectivity index (χ4n) is 4.28. The Kier molecular flexibility index (Phi) is 5.25. The third-order valence-electron chi connectivity index (χ3n) is 5.75. The van der Waals surface area contributed by atoms with Gasteiger partial charge in [0.05, 0.1) is 4.88 Å². The first-order valence-corrected chi connectivity index (χ1v) is 10.6. The largest absolute Gasteiger partial charge is 0.349 e. The molecule has 0 unspecified atom stereocenters. The molecule has 1 amide bonds. The van der Waals surface area contributed by atoms with Gasteiger partial charge in [0.25, 0.3) is 5.91 Å². The van der Waals surface area contributed by atoms with Crippen LogP contribution < -0.4 is 10.6 Å². The number of piperidine rings is 2. The molecule has 0 saturated carbocycles. The van der Waals surface area contributed by atoms with E-state index in [9.17, 15) is 4.79 Å². The van der Waals surface area contributed by atoms with Gasteiger partial charge in [-0.05, 0) is 70.3 Å². The molecule has 0 aliphatic carbocycles. The molecular formula is C20H28N4OS. The van der Waals surface area contributed by atoms with Crippen LogP contribution in [0.2, 0.25) is 0 Å². The highest BCUT2D eigenvalue weighted by Crippen LogP contribution is 2.27. The number of likely N-dealkylation sites (tertiary alicyclic amines) is 1. The summed E-state index contributed by atoms with van der Waals surface area (Å²) in [5, 5.41) is 7.80. The second-order valence-corrected chi connectivity index (χ2v) is 8.71. The number of nitrogens with zero attached hydrogens (tertiary/aromatic N) is 2. The molecule has 6 heteroatoms. The zero-order valence-corrected chi connectivity index (χ0v) is 16.5. The Morgan fingerprint density at radius 2 is 1.92 bits per heavy atom. The van der Waals surface area contributed by atoms with Crippen molar-refractivity contribution in [2.75, 3.05) is 26.2 Å². The van der Waals surface area contributed by atoms with Crippen molar-refractivity contribution >= 4 is 27.5 Å². The minimum atomic E-state index is 0.0605. The van der Waals surface area contributed by atoms with Crippen LogP contribution in [-0.2, 0) is 0 Å². The third kappa shape index (κ3) is 3.77. The Labute approximate surface area is 159 Å². The highest BCUT2D eigenvalue weighted by molar-refractivity contribution is 7.20. The highest BCUT2D eigenvalue weighted by atomic mass is 32.1. The van der Waals surface area contributed by atoms with Crippen LogP contribution in [0.25, 0.3) is 10.2 Å². The number of pyridine rings is 1.